The Hall–Kier alpha value is -2.77. The van der Waals surface area contributed by atoms with E-state index in [9.17, 15) is 14.4 Å². The normalized spacial score (nSPS) is 14.6. The minimum Gasteiger partial charge on any atom is -0.493 e. The highest BCUT2D eigenvalue weighted by Crippen LogP contribution is 2.36. The molecule has 3 N–H and O–H groups in total. The number of carboxylic acids is 1. The fourth-order valence-corrected chi connectivity index (χ4v) is 2.24. The van der Waals surface area contributed by atoms with Crippen molar-refractivity contribution in [2.24, 2.45) is 0 Å². The first-order chi connectivity index (χ1) is 11.8. The van der Waals surface area contributed by atoms with E-state index in [4.69, 9.17) is 14.6 Å². The summed E-state index contributed by atoms with van der Waals surface area (Å²) < 4.78 is 10.6. The Bertz CT molecular complexity index is 682. The summed E-state index contributed by atoms with van der Waals surface area (Å²) in [7, 11) is 1.41. The summed E-state index contributed by atoms with van der Waals surface area (Å²) in [5, 5.41) is 14.4. The third kappa shape index (κ3) is 4.62. The lowest BCUT2D eigenvalue weighted by Gasteiger charge is -2.15. The Morgan fingerprint density at radius 1 is 1.24 bits per heavy atom. The second kappa shape index (κ2) is 7.42. The monoisotopic (exact) mass is 350 g/mol. The number of carbonyl (C=O) groups excluding carboxylic acids is 2. The van der Waals surface area contributed by atoms with Crippen LogP contribution in [0.5, 0.6) is 11.5 Å². The largest absolute Gasteiger partial charge is 0.493 e. The van der Waals surface area contributed by atoms with Crippen LogP contribution in [0.2, 0.25) is 0 Å². The molecule has 0 bridgehead atoms. The van der Waals surface area contributed by atoms with Crippen LogP contribution in [0.25, 0.3) is 0 Å². The number of aliphatic carboxylic acids is 1. The average molecular weight is 350 g/mol. The maximum Gasteiger partial charge on any atom is 0.329 e. The van der Waals surface area contributed by atoms with Gasteiger partial charge in [-0.05, 0) is 44.9 Å². The molecule has 1 saturated carbocycles. The molecule has 25 heavy (non-hydrogen) atoms. The Balaban J connectivity index is 2.04. The first kappa shape index (κ1) is 18.6. The van der Waals surface area contributed by atoms with Gasteiger partial charge in [-0.15, -0.1) is 0 Å². The van der Waals surface area contributed by atoms with Crippen molar-refractivity contribution in [2.45, 2.75) is 38.3 Å². The van der Waals surface area contributed by atoms with Gasteiger partial charge in [0.1, 0.15) is 5.54 Å². The molecule has 1 fully saturated rings. The lowest BCUT2D eigenvalue weighted by atomic mass is 10.1. The van der Waals surface area contributed by atoms with Crippen LogP contribution in [-0.4, -0.2) is 48.2 Å². The standard InChI is InChI=1S/C17H22N2O6/c1-10(2)18-14(20)9-25-12-5-4-11(8-13(12)24-3)15(21)19-17(6-7-17)16(22)23/h4-5,8,10H,6-7,9H2,1-3H3,(H,18,20)(H,19,21)(H,22,23). The van der Waals surface area contributed by atoms with E-state index < -0.39 is 17.4 Å². The highest BCUT2D eigenvalue weighted by molar-refractivity contribution is 5.99. The maximum absolute atomic E-state index is 12.2. The van der Waals surface area contributed by atoms with Gasteiger partial charge in [0.15, 0.2) is 18.1 Å². The second-order valence-corrected chi connectivity index (χ2v) is 6.22. The first-order valence-electron chi connectivity index (χ1n) is 7.93. The molecule has 2 amide bonds. The minimum absolute atomic E-state index is 0.00745. The quantitative estimate of drug-likeness (QED) is 0.643. The van der Waals surface area contributed by atoms with Gasteiger partial charge in [0.05, 0.1) is 7.11 Å². The maximum atomic E-state index is 12.2. The fraction of sp³-hybridized carbons (Fsp3) is 0.471. The summed E-state index contributed by atoms with van der Waals surface area (Å²) in [4.78, 5) is 35.0. The number of carboxylic acid groups (broad SMARTS) is 1. The van der Waals surface area contributed by atoms with Crippen molar-refractivity contribution < 1.29 is 29.0 Å². The number of nitrogens with one attached hydrogen (secondary N) is 2. The molecule has 8 nitrogen and oxygen atoms in total. The third-order valence-electron chi connectivity index (χ3n) is 3.75. The molecule has 0 aliphatic heterocycles. The predicted molar refractivity (Wildman–Crippen MR) is 88.8 cm³/mol. The van der Waals surface area contributed by atoms with E-state index in [1.807, 2.05) is 13.8 Å². The van der Waals surface area contributed by atoms with Gasteiger partial charge in [0, 0.05) is 11.6 Å². The predicted octanol–water partition coefficient (Wildman–Crippen LogP) is 0.946. The number of rotatable bonds is 8. The van der Waals surface area contributed by atoms with E-state index in [0.29, 0.717) is 18.6 Å². The molecule has 1 aromatic carbocycles. The molecule has 8 heteroatoms. The number of amides is 2. The molecule has 0 aromatic heterocycles. The molecular formula is C17H22N2O6. The van der Waals surface area contributed by atoms with E-state index in [1.165, 1.54) is 25.3 Å². The number of ether oxygens (including phenoxy) is 2. The van der Waals surface area contributed by atoms with E-state index >= 15 is 0 Å². The Kier molecular flexibility index (Phi) is 5.51. The summed E-state index contributed by atoms with van der Waals surface area (Å²) in [6.45, 7) is 3.51. The molecule has 0 atom stereocenters. The third-order valence-corrected chi connectivity index (χ3v) is 3.75. The Labute approximate surface area is 145 Å². The van der Waals surface area contributed by atoms with E-state index in [-0.39, 0.29) is 29.9 Å². The SMILES string of the molecule is COc1cc(C(=O)NC2(C(=O)O)CC2)ccc1OCC(=O)NC(C)C. The zero-order valence-corrected chi connectivity index (χ0v) is 14.4. The number of benzene rings is 1. The molecule has 1 aliphatic rings. The second-order valence-electron chi connectivity index (χ2n) is 6.22. The van der Waals surface area contributed by atoms with E-state index in [2.05, 4.69) is 10.6 Å². The zero-order valence-electron chi connectivity index (χ0n) is 14.4. The highest BCUT2D eigenvalue weighted by atomic mass is 16.5. The zero-order chi connectivity index (χ0) is 18.6. The van der Waals surface area contributed by atoms with Gasteiger partial charge in [-0.2, -0.15) is 0 Å². The van der Waals surface area contributed by atoms with Gasteiger partial charge in [0.25, 0.3) is 11.8 Å². The van der Waals surface area contributed by atoms with Crippen LogP contribution < -0.4 is 20.1 Å². The van der Waals surface area contributed by atoms with Gasteiger partial charge in [-0.1, -0.05) is 0 Å². The topological polar surface area (TPSA) is 114 Å². The van der Waals surface area contributed by atoms with Gasteiger partial charge in [-0.25, -0.2) is 4.79 Å². The van der Waals surface area contributed by atoms with E-state index in [1.54, 1.807) is 0 Å². The molecule has 136 valence electrons. The number of hydrogen-bond acceptors (Lipinski definition) is 5. The summed E-state index contributed by atoms with van der Waals surface area (Å²) in [6.07, 6.45) is 0.828. The van der Waals surface area contributed by atoms with Crippen molar-refractivity contribution in [3.63, 3.8) is 0 Å². The highest BCUT2D eigenvalue weighted by Gasteiger charge is 2.51. The smallest absolute Gasteiger partial charge is 0.329 e. The number of methoxy groups -OCH3 is 1. The molecule has 0 spiro atoms. The fourth-order valence-electron chi connectivity index (χ4n) is 2.24. The Morgan fingerprint density at radius 3 is 2.44 bits per heavy atom. The number of carbonyl (C=O) groups is 3. The lowest BCUT2D eigenvalue weighted by molar-refractivity contribution is -0.140. The summed E-state index contributed by atoms with van der Waals surface area (Å²) in [5.74, 6) is -1.20. The molecule has 2 rings (SSSR count). The lowest BCUT2D eigenvalue weighted by Crippen LogP contribution is -2.43. The van der Waals surface area contributed by atoms with Gasteiger partial charge >= 0.3 is 5.97 Å². The van der Waals surface area contributed by atoms with Crippen LogP contribution in [0.4, 0.5) is 0 Å². The van der Waals surface area contributed by atoms with Crippen molar-refractivity contribution >= 4 is 17.8 Å². The summed E-state index contributed by atoms with van der Waals surface area (Å²) in [6, 6.07) is 4.46. The van der Waals surface area contributed by atoms with Crippen LogP contribution in [-0.2, 0) is 9.59 Å². The molecule has 1 aromatic rings. The molecule has 1 aliphatic carbocycles. The Morgan fingerprint density at radius 2 is 1.92 bits per heavy atom. The van der Waals surface area contributed by atoms with Gasteiger partial charge in [0.2, 0.25) is 0 Å². The van der Waals surface area contributed by atoms with Gasteiger partial charge < -0.3 is 25.2 Å². The summed E-state index contributed by atoms with van der Waals surface area (Å²) in [5.41, 5.74) is -0.905. The average Bonchev–Trinajstić information content (AvgIpc) is 3.33. The molecular weight excluding hydrogens is 328 g/mol. The van der Waals surface area contributed by atoms with Crippen LogP contribution >= 0.6 is 0 Å². The van der Waals surface area contributed by atoms with Crippen molar-refractivity contribution in [1.29, 1.82) is 0 Å². The van der Waals surface area contributed by atoms with Crippen molar-refractivity contribution in [3.05, 3.63) is 23.8 Å². The van der Waals surface area contributed by atoms with Crippen LogP contribution in [0.15, 0.2) is 18.2 Å². The van der Waals surface area contributed by atoms with Crippen LogP contribution in [0.3, 0.4) is 0 Å². The molecule has 0 saturated heterocycles. The molecule has 0 heterocycles. The summed E-state index contributed by atoms with van der Waals surface area (Å²) >= 11 is 0. The van der Waals surface area contributed by atoms with Gasteiger partial charge in [-0.3, -0.25) is 9.59 Å². The molecule has 0 unspecified atom stereocenters. The number of hydrogen-bond donors (Lipinski definition) is 3. The van der Waals surface area contributed by atoms with Crippen LogP contribution in [0, 0.1) is 0 Å². The van der Waals surface area contributed by atoms with E-state index in [0.717, 1.165) is 0 Å². The van der Waals surface area contributed by atoms with Crippen molar-refractivity contribution in [1.82, 2.24) is 10.6 Å². The first-order valence-corrected chi connectivity index (χ1v) is 7.93. The minimum atomic E-state index is -1.16. The van der Waals surface area contributed by atoms with Crippen LogP contribution in [0.1, 0.15) is 37.0 Å². The molecule has 0 radical (unpaired) electrons. The van der Waals surface area contributed by atoms with Crippen molar-refractivity contribution in [2.75, 3.05) is 13.7 Å². The van der Waals surface area contributed by atoms with Crippen molar-refractivity contribution in [3.8, 4) is 11.5 Å².